The topological polar surface area (TPSA) is 32.8 Å². The molecule has 3 nitrogen and oxygen atoms in total. The van der Waals surface area contributed by atoms with E-state index in [4.69, 9.17) is 4.74 Å². The Morgan fingerprint density at radius 3 is 2.84 bits per heavy atom. The molecule has 1 amide bonds. The summed E-state index contributed by atoms with van der Waals surface area (Å²) in [7, 11) is 0. The van der Waals surface area contributed by atoms with Gasteiger partial charge in [-0.15, -0.1) is 0 Å². The summed E-state index contributed by atoms with van der Waals surface area (Å²) in [5.74, 6) is 1.00. The number of ether oxygens (including phenoxy) is 1. The molecule has 2 saturated heterocycles. The highest BCUT2D eigenvalue weighted by Gasteiger charge is 2.57. The monoisotopic (exact) mass is 257 g/mol. The van der Waals surface area contributed by atoms with Crippen molar-refractivity contribution >= 4 is 5.91 Å². The van der Waals surface area contributed by atoms with Crippen molar-refractivity contribution in [3.8, 4) is 0 Å². The van der Waals surface area contributed by atoms with Gasteiger partial charge in [0.1, 0.15) is 0 Å². The van der Waals surface area contributed by atoms with Crippen LogP contribution in [0.2, 0.25) is 0 Å². The smallest absolute Gasteiger partial charge is 0.226 e. The van der Waals surface area contributed by atoms with Gasteiger partial charge in [-0.3, -0.25) is 4.79 Å². The van der Waals surface area contributed by atoms with Crippen molar-refractivity contribution in [2.24, 2.45) is 11.8 Å². The molecule has 0 N–H and O–H groups in total. The van der Waals surface area contributed by atoms with E-state index in [9.17, 15) is 4.79 Å². The van der Waals surface area contributed by atoms with Crippen LogP contribution in [0.1, 0.15) is 31.4 Å². The SMILES string of the molecule is C[C@@H](c1ccccc1)N1C[C@@H]2[C@H]3O[C@H]3CC[C@@H]2C1=O. The van der Waals surface area contributed by atoms with Crippen LogP contribution in [0, 0.1) is 11.8 Å². The molecule has 0 bridgehead atoms. The van der Waals surface area contributed by atoms with Gasteiger partial charge in [0, 0.05) is 18.4 Å². The number of carbonyl (C=O) groups is 1. The van der Waals surface area contributed by atoms with Gasteiger partial charge in [0.15, 0.2) is 0 Å². The summed E-state index contributed by atoms with van der Waals surface area (Å²) in [4.78, 5) is 14.7. The van der Waals surface area contributed by atoms with Crippen LogP contribution in [0.5, 0.6) is 0 Å². The van der Waals surface area contributed by atoms with Crippen molar-refractivity contribution in [3.63, 3.8) is 0 Å². The van der Waals surface area contributed by atoms with Crippen LogP contribution in [0.15, 0.2) is 30.3 Å². The highest BCUT2D eigenvalue weighted by molar-refractivity contribution is 5.82. The van der Waals surface area contributed by atoms with Crippen molar-refractivity contribution in [2.45, 2.75) is 38.0 Å². The van der Waals surface area contributed by atoms with Gasteiger partial charge in [0.25, 0.3) is 0 Å². The van der Waals surface area contributed by atoms with Gasteiger partial charge in [-0.1, -0.05) is 30.3 Å². The van der Waals surface area contributed by atoms with Gasteiger partial charge in [-0.05, 0) is 25.3 Å². The molecule has 2 heterocycles. The number of rotatable bonds is 2. The summed E-state index contributed by atoms with van der Waals surface area (Å²) in [6.07, 6.45) is 2.92. The third kappa shape index (κ3) is 1.71. The van der Waals surface area contributed by atoms with E-state index in [2.05, 4.69) is 24.0 Å². The lowest BCUT2D eigenvalue weighted by atomic mass is 9.81. The Bertz CT molecular complexity index is 501. The molecule has 100 valence electrons. The lowest BCUT2D eigenvalue weighted by Crippen LogP contribution is -2.30. The van der Waals surface area contributed by atoms with Gasteiger partial charge in [0.2, 0.25) is 5.91 Å². The van der Waals surface area contributed by atoms with Crippen LogP contribution < -0.4 is 0 Å². The van der Waals surface area contributed by atoms with Gasteiger partial charge < -0.3 is 9.64 Å². The van der Waals surface area contributed by atoms with Gasteiger partial charge in [-0.2, -0.15) is 0 Å². The average molecular weight is 257 g/mol. The van der Waals surface area contributed by atoms with Gasteiger partial charge in [0.05, 0.1) is 18.2 Å². The fourth-order valence-electron chi connectivity index (χ4n) is 3.88. The lowest BCUT2D eigenvalue weighted by Gasteiger charge is -2.25. The Hall–Kier alpha value is -1.35. The van der Waals surface area contributed by atoms with Crippen molar-refractivity contribution in [1.29, 1.82) is 0 Å². The molecule has 0 aromatic heterocycles. The second-order valence-corrected chi connectivity index (χ2v) is 6.06. The predicted octanol–water partition coefficient (Wildman–Crippen LogP) is 2.38. The third-order valence-electron chi connectivity index (χ3n) is 5.08. The molecule has 0 radical (unpaired) electrons. The number of nitrogens with zero attached hydrogens (tertiary/aromatic N) is 1. The van der Waals surface area contributed by atoms with E-state index in [0.717, 1.165) is 19.4 Å². The molecule has 1 aromatic rings. The molecule has 3 aliphatic rings. The molecule has 4 rings (SSSR count). The zero-order chi connectivity index (χ0) is 13.0. The second-order valence-electron chi connectivity index (χ2n) is 6.06. The molecule has 2 aliphatic heterocycles. The van der Waals surface area contributed by atoms with Crippen molar-refractivity contribution in [3.05, 3.63) is 35.9 Å². The van der Waals surface area contributed by atoms with Crippen LogP contribution in [-0.2, 0) is 9.53 Å². The Morgan fingerprint density at radius 1 is 1.26 bits per heavy atom. The summed E-state index contributed by atoms with van der Waals surface area (Å²) in [5, 5.41) is 0. The van der Waals surface area contributed by atoms with E-state index in [-0.39, 0.29) is 12.0 Å². The molecular weight excluding hydrogens is 238 g/mol. The standard InChI is InChI=1S/C16H19NO2/c1-10(11-5-3-2-4-6-11)17-9-13-12(16(17)18)7-8-14-15(13)19-14/h2-6,10,12-15H,7-9H2,1H3/t10-,12-,13-,14-,15+/m0/s1. The van der Waals surface area contributed by atoms with E-state index in [0.29, 0.717) is 24.0 Å². The summed E-state index contributed by atoms with van der Waals surface area (Å²) < 4.78 is 5.69. The first-order chi connectivity index (χ1) is 9.25. The fourth-order valence-corrected chi connectivity index (χ4v) is 3.88. The largest absolute Gasteiger partial charge is 0.369 e. The number of likely N-dealkylation sites (tertiary alicyclic amines) is 1. The highest BCUT2D eigenvalue weighted by atomic mass is 16.6. The Kier molecular flexibility index (Phi) is 2.46. The second kappa shape index (κ2) is 4.07. The minimum atomic E-state index is 0.177. The number of carbonyl (C=O) groups excluding carboxylic acids is 1. The van der Waals surface area contributed by atoms with E-state index in [1.807, 2.05) is 18.2 Å². The Labute approximate surface area is 113 Å². The summed E-state index contributed by atoms with van der Waals surface area (Å²) in [6, 6.07) is 10.5. The fraction of sp³-hybridized carbons (Fsp3) is 0.562. The lowest BCUT2D eigenvalue weighted by molar-refractivity contribution is -0.133. The van der Waals surface area contributed by atoms with E-state index in [1.54, 1.807) is 0 Å². The van der Waals surface area contributed by atoms with Crippen LogP contribution in [0.25, 0.3) is 0 Å². The maximum Gasteiger partial charge on any atom is 0.226 e. The molecule has 3 fully saturated rings. The molecule has 1 aliphatic carbocycles. The van der Waals surface area contributed by atoms with E-state index in [1.165, 1.54) is 5.56 Å². The minimum absolute atomic E-state index is 0.177. The number of hydrogen-bond acceptors (Lipinski definition) is 2. The maximum absolute atomic E-state index is 12.6. The Balaban J connectivity index is 1.57. The normalized spacial score (nSPS) is 37.7. The molecule has 1 aromatic carbocycles. The number of hydrogen-bond donors (Lipinski definition) is 0. The molecule has 0 unspecified atom stereocenters. The summed E-state index contributed by atoms with van der Waals surface area (Å²) >= 11 is 0. The van der Waals surface area contributed by atoms with Crippen LogP contribution in [-0.4, -0.2) is 29.6 Å². The van der Waals surface area contributed by atoms with Crippen LogP contribution in [0.4, 0.5) is 0 Å². The number of benzene rings is 1. The van der Waals surface area contributed by atoms with Gasteiger partial charge >= 0.3 is 0 Å². The van der Waals surface area contributed by atoms with E-state index < -0.39 is 0 Å². The maximum atomic E-state index is 12.6. The number of epoxide rings is 1. The number of amides is 1. The predicted molar refractivity (Wildman–Crippen MR) is 71.4 cm³/mol. The molecule has 1 saturated carbocycles. The van der Waals surface area contributed by atoms with Crippen molar-refractivity contribution in [1.82, 2.24) is 4.90 Å². The molecule has 5 atom stereocenters. The first-order valence-corrected chi connectivity index (χ1v) is 7.26. The Morgan fingerprint density at radius 2 is 2.05 bits per heavy atom. The van der Waals surface area contributed by atoms with Gasteiger partial charge in [-0.25, -0.2) is 0 Å². The molecule has 19 heavy (non-hydrogen) atoms. The average Bonchev–Trinajstić information content (AvgIpc) is 3.17. The zero-order valence-electron chi connectivity index (χ0n) is 11.2. The number of fused-ring (bicyclic) bond motifs is 3. The summed E-state index contributed by atoms with van der Waals surface area (Å²) in [6.45, 7) is 3.01. The summed E-state index contributed by atoms with van der Waals surface area (Å²) in [5.41, 5.74) is 1.22. The zero-order valence-corrected chi connectivity index (χ0v) is 11.2. The third-order valence-corrected chi connectivity index (χ3v) is 5.08. The highest BCUT2D eigenvalue weighted by Crippen LogP contribution is 2.49. The van der Waals surface area contributed by atoms with E-state index >= 15 is 0 Å². The quantitative estimate of drug-likeness (QED) is 0.762. The van der Waals surface area contributed by atoms with Crippen molar-refractivity contribution < 1.29 is 9.53 Å². The first-order valence-electron chi connectivity index (χ1n) is 7.26. The molecule has 0 spiro atoms. The first kappa shape index (κ1) is 11.5. The molecular formula is C16H19NO2. The van der Waals surface area contributed by atoms with Crippen LogP contribution in [0.3, 0.4) is 0 Å². The minimum Gasteiger partial charge on any atom is -0.369 e. The van der Waals surface area contributed by atoms with Crippen LogP contribution >= 0.6 is 0 Å². The van der Waals surface area contributed by atoms with Crippen molar-refractivity contribution in [2.75, 3.05) is 6.54 Å². The molecule has 3 heteroatoms.